The highest BCUT2D eigenvalue weighted by molar-refractivity contribution is 5.89. The Balaban J connectivity index is 0.000000212. The van der Waals surface area contributed by atoms with Crippen LogP contribution in [-0.2, 0) is 9.53 Å². The number of carbonyl (C=O) groups is 2. The number of urea groups is 1. The van der Waals surface area contributed by atoms with E-state index in [0.717, 1.165) is 25.9 Å². The number of carbonyl (C=O) groups excluding carboxylic acids is 2. The van der Waals surface area contributed by atoms with Crippen LogP contribution in [0.3, 0.4) is 0 Å². The lowest BCUT2D eigenvalue weighted by Crippen LogP contribution is -2.48. The quantitative estimate of drug-likeness (QED) is 0.722. The van der Waals surface area contributed by atoms with Gasteiger partial charge in [0, 0.05) is 31.9 Å². The van der Waals surface area contributed by atoms with Crippen LogP contribution in [0, 0.1) is 11.7 Å². The highest BCUT2D eigenvalue weighted by Gasteiger charge is 2.26. The fraction of sp³-hybridized carbons (Fsp3) is 0.636. The largest absolute Gasteiger partial charge is 0.460 e. The van der Waals surface area contributed by atoms with E-state index in [4.69, 9.17) is 4.74 Å². The number of piperazine rings is 1. The maximum Gasteiger partial charge on any atom is 0.321 e. The van der Waals surface area contributed by atoms with E-state index in [0.29, 0.717) is 18.8 Å². The molecule has 2 amide bonds. The predicted molar refractivity (Wildman–Crippen MR) is 112 cm³/mol. The number of nitrogens with one attached hydrogen (secondary N) is 2. The lowest BCUT2D eigenvalue weighted by Gasteiger charge is -2.27. The molecule has 2 N–H and O–H groups in total. The average molecular weight is 408 g/mol. The number of anilines is 1. The molecule has 0 bridgehead atoms. The summed E-state index contributed by atoms with van der Waals surface area (Å²) in [6.07, 6.45) is 5.69. The monoisotopic (exact) mass is 407 g/mol. The van der Waals surface area contributed by atoms with E-state index in [1.54, 1.807) is 17.0 Å². The molecule has 1 aliphatic carbocycles. The molecule has 0 aromatic heterocycles. The van der Waals surface area contributed by atoms with Crippen molar-refractivity contribution in [1.29, 1.82) is 0 Å². The van der Waals surface area contributed by atoms with Gasteiger partial charge in [0.1, 0.15) is 11.4 Å². The summed E-state index contributed by atoms with van der Waals surface area (Å²) in [6.45, 7) is 8.81. The van der Waals surface area contributed by atoms with Crippen LogP contribution in [0.2, 0.25) is 0 Å². The Kier molecular flexibility index (Phi) is 8.89. The summed E-state index contributed by atoms with van der Waals surface area (Å²) >= 11 is 0. The molecule has 0 radical (unpaired) electrons. The van der Waals surface area contributed by atoms with Crippen LogP contribution in [0.5, 0.6) is 0 Å². The molecule has 3 rings (SSSR count). The van der Waals surface area contributed by atoms with E-state index in [1.165, 1.54) is 31.4 Å². The van der Waals surface area contributed by atoms with Crippen LogP contribution in [0.25, 0.3) is 0 Å². The van der Waals surface area contributed by atoms with Gasteiger partial charge in [0.2, 0.25) is 0 Å². The molecule has 2 fully saturated rings. The first-order valence-corrected chi connectivity index (χ1v) is 10.5. The van der Waals surface area contributed by atoms with Crippen molar-refractivity contribution in [3.05, 3.63) is 30.1 Å². The summed E-state index contributed by atoms with van der Waals surface area (Å²) in [5, 5.41) is 5.90. The standard InChI is InChI=1S/C11H14FN3O.C11H20O2/c12-9-1-3-10(4-2-9)14-11(16)15-7-5-13-6-8-15;1-11(2,3)13-10(12)9-7-5-4-6-8-9/h1-4,13H,5-8H2,(H,14,16);9H,4-8H2,1-3H3. The average Bonchev–Trinajstić information content (AvgIpc) is 2.70. The van der Waals surface area contributed by atoms with Crippen molar-refractivity contribution in [2.45, 2.75) is 58.5 Å². The molecule has 6 nitrogen and oxygen atoms in total. The Labute approximate surface area is 173 Å². The van der Waals surface area contributed by atoms with Gasteiger partial charge < -0.3 is 20.3 Å². The molecule has 1 saturated heterocycles. The van der Waals surface area contributed by atoms with Gasteiger partial charge in [-0.2, -0.15) is 0 Å². The minimum Gasteiger partial charge on any atom is -0.460 e. The second-order valence-corrected chi connectivity index (χ2v) is 8.54. The molecular weight excluding hydrogens is 373 g/mol. The first-order chi connectivity index (χ1) is 13.7. The number of amides is 2. The van der Waals surface area contributed by atoms with Gasteiger partial charge in [0.05, 0.1) is 5.92 Å². The van der Waals surface area contributed by atoms with Gasteiger partial charge >= 0.3 is 12.0 Å². The number of benzene rings is 1. The third-order valence-electron chi connectivity index (χ3n) is 4.84. The Bertz CT molecular complexity index is 646. The van der Waals surface area contributed by atoms with Crippen molar-refractivity contribution in [2.75, 3.05) is 31.5 Å². The van der Waals surface area contributed by atoms with E-state index < -0.39 is 0 Å². The fourth-order valence-electron chi connectivity index (χ4n) is 3.33. The summed E-state index contributed by atoms with van der Waals surface area (Å²) in [6, 6.07) is 5.62. The number of esters is 1. The Morgan fingerprint density at radius 1 is 1.07 bits per heavy atom. The van der Waals surface area contributed by atoms with Gasteiger partial charge in [0.25, 0.3) is 0 Å². The summed E-state index contributed by atoms with van der Waals surface area (Å²) in [4.78, 5) is 25.1. The minimum absolute atomic E-state index is 0.00667. The van der Waals surface area contributed by atoms with E-state index in [2.05, 4.69) is 10.6 Å². The number of rotatable bonds is 2. The van der Waals surface area contributed by atoms with Crippen molar-refractivity contribution in [3.8, 4) is 0 Å². The van der Waals surface area contributed by atoms with E-state index in [9.17, 15) is 14.0 Å². The van der Waals surface area contributed by atoms with E-state index in [-0.39, 0.29) is 29.3 Å². The van der Waals surface area contributed by atoms with Crippen LogP contribution < -0.4 is 10.6 Å². The zero-order valence-electron chi connectivity index (χ0n) is 17.8. The van der Waals surface area contributed by atoms with Crippen LogP contribution >= 0.6 is 0 Å². The zero-order valence-corrected chi connectivity index (χ0v) is 17.8. The van der Waals surface area contributed by atoms with Gasteiger partial charge in [-0.1, -0.05) is 19.3 Å². The zero-order chi connectivity index (χ0) is 21.3. The normalized spacial score (nSPS) is 17.7. The number of halogens is 1. The van der Waals surface area contributed by atoms with Crippen LogP contribution in [0.1, 0.15) is 52.9 Å². The van der Waals surface area contributed by atoms with Gasteiger partial charge in [-0.3, -0.25) is 4.79 Å². The maximum absolute atomic E-state index is 12.6. The smallest absolute Gasteiger partial charge is 0.321 e. The minimum atomic E-state index is -0.325. The molecule has 7 heteroatoms. The number of nitrogens with zero attached hydrogens (tertiary/aromatic N) is 1. The van der Waals surface area contributed by atoms with Gasteiger partial charge in [0.15, 0.2) is 0 Å². The molecule has 29 heavy (non-hydrogen) atoms. The lowest BCUT2D eigenvalue weighted by molar-refractivity contribution is -0.161. The summed E-state index contributed by atoms with van der Waals surface area (Å²) in [7, 11) is 0. The molecule has 1 aromatic rings. The molecule has 0 atom stereocenters. The van der Waals surface area contributed by atoms with Crippen LogP contribution in [0.15, 0.2) is 24.3 Å². The molecular formula is C22H34FN3O3. The third-order valence-corrected chi connectivity index (χ3v) is 4.84. The first-order valence-electron chi connectivity index (χ1n) is 10.5. The van der Waals surface area contributed by atoms with Gasteiger partial charge in [-0.15, -0.1) is 0 Å². The SMILES string of the molecule is CC(C)(C)OC(=O)C1CCCCC1.O=C(Nc1ccc(F)cc1)N1CCNCC1. The van der Waals surface area contributed by atoms with Crippen molar-refractivity contribution >= 4 is 17.7 Å². The number of hydrogen-bond donors (Lipinski definition) is 2. The Morgan fingerprint density at radius 3 is 2.21 bits per heavy atom. The van der Waals surface area contributed by atoms with Crippen LogP contribution in [-0.4, -0.2) is 48.7 Å². The topological polar surface area (TPSA) is 70.7 Å². The third kappa shape index (κ3) is 8.81. The van der Waals surface area contributed by atoms with E-state index in [1.807, 2.05) is 20.8 Å². The van der Waals surface area contributed by atoms with Crippen molar-refractivity contribution in [3.63, 3.8) is 0 Å². The second-order valence-electron chi connectivity index (χ2n) is 8.54. The number of ether oxygens (including phenoxy) is 1. The highest BCUT2D eigenvalue weighted by atomic mass is 19.1. The lowest BCUT2D eigenvalue weighted by atomic mass is 9.89. The molecule has 162 valence electrons. The molecule has 1 aliphatic heterocycles. The van der Waals surface area contributed by atoms with Gasteiger partial charge in [-0.25, -0.2) is 9.18 Å². The summed E-state index contributed by atoms with van der Waals surface area (Å²) < 4.78 is 18.0. The molecule has 1 saturated carbocycles. The first kappa shape index (κ1) is 23.1. The summed E-state index contributed by atoms with van der Waals surface area (Å²) in [5.41, 5.74) is 0.291. The van der Waals surface area contributed by atoms with Crippen molar-refractivity contribution in [1.82, 2.24) is 10.2 Å². The van der Waals surface area contributed by atoms with Crippen molar-refractivity contribution in [2.24, 2.45) is 5.92 Å². The molecule has 0 unspecified atom stereocenters. The fourth-order valence-corrected chi connectivity index (χ4v) is 3.33. The molecule has 0 spiro atoms. The maximum atomic E-state index is 12.6. The molecule has 1 aromatic carbocycles. The summed E-state index contributed by atoms with van der Waals surface area (Å²) in [5.74, 6) is -0.125. The van der Waals surface area contributed by atoms with Crippen LogP contribution in [0.4, 0.5) is 14.9 Å². The van der Waals surface area contributed by atoms with E-state index >= 15 is 0 Å². The highest BCUT2D eigenvalue weighted by Crippen LogP contribution is 2.26. The second kappa shape index (κ2) is 11.1. The van der Waals surface area contributed by atoms with Gasteiger partial charge in [-0.05, 0) is 57.9 Å². The Morgan fingerprint density at radius 2 is 1.66 bits per heavy atom. The predicted octanol–water partition coefficient (Wildman–Crippen LogP) is 4.17. The number of hydrogen-bond acceptors (Lipinski definition) is 4. The Hall–Kier alpha value is -2.15. The van der Waals surface area contributed by atoms with Crippen molar-refractivity contribution < 1.29 is 18.7 Å². The molecule has 1 heterocycles. The molecule has 2 aliphatic rings.